The van der Waals surface area contributed by atoms with Crippen molar-refractivity contribution in [1.82, 2.24) is 0 Å². The summed E-state index contributed by atoms with van der Waals surface area (Å²) in [6.45, 7) is -0.0365. The number of ketones is 1. The van der Waals surface area contributed by atoms with Crippen molar-refractivity contribution in [2.45, 2.75) is 6.42 Å². The van der Waals surface area contributed by atoms with Crippen LogP contribution in [0.2, 0.25) is 0 Å². The summed E-state index contributed by atoms with van der Waals surface area (Å²) in [7, 11) is 1.74. The van der Waals surface area contributed by atoms with E-state index in [-0.39, 0.29) is 18.3 Å². The van der Waals surface area contributed by atoms with Crippen molar-refractivity contribution in [3.05, 3.63) is 58.1 Å². The number of carbonyl (C=O) groups excluding carboxylic acids is 2. The lowest BCUT2D eigenvalue weighted by Crippen LogP contribution is -2.20. The zero-order valence-corrected chi connectivity index (χ0v) is 13.6. The largest absolute Gasteiger partial charge is 0.484 e. The summed E-state index contributed by atoms with van der Waals surface area (Å²) in [6.07, 6.45) is 0.345. The molecule has 0 atom stereocenters. The molecule has 0 bridgehead atoms. The Morgan fingerprint density at radius 1 is 1.27 bits per heavy atom. The first-order valence-corrected chi connectivity index (χ1v) is 7.65. The van der Waals surface area contributed by atoms with Gasteiger partial charge in [-0.3, -0.25) is 9.59 Å². The maximum Gasteiger partial charge on any atom is 0.231 e. The van der Waals surface area contributed by atoms with Gasteiger partial charge < -0.3 is 9.64 Å². The third-order valence-corrected chi connectivity index (χ3v) is 4.33. The molecule has 0 radical (unpaired) electrons. The number of amides is 1. The van der Waals surface area contributed by atoms with E-state index in [2.05, 4.69) is 15.9 Å². The Bertz CT molecular complexity index is 757. The number of ether oxygens (including phenoxy) is 1. The molecule has 0 spiro atoms. The van der Waals surface area contributed by atoms with Crippen LogP contribution in [0.15, 0.2) is 46.9 Å². The van der Waals surface area contributed by atoms with Crippen LogP contribution < -0.4 is 9.64 Å². The molecule has 1 aliphatic heterocycles. The van der Waals surface area contributed by atoms with Gasteiger partial charge in [-0.05, 0) is 51.8 Å². The minimum atomic E-state index is -0.111. The first kappa shape index (κ1) is 14.8. The molecular formula is C17H14BrNO3. The maximum atomic E-state index is 12.3. The quantitative estimate of drug-likeness (QED) is 0.787. The number of fused-ring (bicyclic) bond motifs is 1. The Labute approximate surface area is 136 Å². The Hall–Kier alpha value is -2.14. The van der Waals surface area contributed by atoms with Gasteiger partial charge in [-0.25, -0.2) is 0 Å². The molecule has 1 heterocycles. The third kappa shape index (κ3) is 2.76. The van der Waals surface area contributed by atoms with Crippen LogP contribution in [0.4, 0.5) is 5.69 Å². The average Bonchev–Trinajstić information content (AvgIpc) is 2.80. The van der Waals surface area contributed by atoms with Crippen molar-refractivity contribution in [3.8, 4) is 5.75 Å². The standard InChI is InChI=1S/C17H14BrNO3/c1-19-14-7-6-11(8-12(14)9-17(19)21)15(20)10-22-16-5-3-2-4-13(16)18/h2-8H,9-10H2,1H3. The summed E-state index contributed by atoms with van der Waals surface area (Å²) >= 11 is 3.38. The summed E-state index contributed by atoms with van der Waals surface area (Å²) < 4.78 is 6.35. The topological polar surface area (TPSA) is 46.6 Å². The zero-order chi connectivity index (χ0) is 15.7. The fraction of sp³-hybridized carbons (Fsp3) is 0.176. The SMILES string of the molecule is CN1C(=O)Cc2cc(C(=O)COc3ccccc3Br)ccc21. The maximum absolute atomic E-state index is 12.3. The van der Waals surface area contributed by atoms with Gasteiger partial charge >= 0.3 is 0 Å². The summed E-state index contributed by atoms with van der Waals surface area (Å²) in [5.74, 6) is 0.566. The number of benzene rings is 2. The van der Waals surface area contributed by atoms with Crippen molar-refractivity contribution >= 4 is 33.3 Å². The molecule has 5 heteroatoms. The lowest BCUT2D eigenvalue weighted by Gasteiger charge is -2.11. The molecule has 2 aromatic carbocycles. The molecular weight excluding hydrogens is 346 g/mol. The second kappa shape index (κ2) is 5.93. The van der Waals surface area contributed by atoms with Crippen molar-refractivity contribution < 1.29 is 14.3 Å². The van der Waals surface area contributed by atoms with Crippen LogP contribution in [-0.2, 0) is 11.2 Å². The van der Waals surface area contributed by atoms with Crippen molar-refractivity contribution in [3.63, 3.8) is 0 Å². The van der Waals surface area contributed by atoms with E-state index in [1.54, 1.807) is 30.1 Å². The predicted octanol–water partition coefficient (Wildman–Crippen LogP) is 3.23. The number of rotatable bonds is 4. The molecule has 0 N–H and O–H groups in total. The van der Waals surface area contributed by atoms with E-state index in [1.165, 1.54) is 0 Å². The molecule has 0 aliphatic carbocycles. The molecule has 4 nitrogen and oxygen atoms in total. The lowest BCUT2D eigenvalue weighted by molar-refractivity contribution is -0.117. The number of para-hydroxylation sites is 1. The van der Waals surface area contributed by atoms with E-state index in [0.717, 1.165) is 15.7 Å². The van der Waals surface area contributed by atoms with Crippen LogP contribution in [0.3, 0.4) is 0 Å². The molecule has 3 rings (SSSR count). The summed E-state index contributed by atoms with van der Waals surface area (Å²) in [6, 6.07) is 12.7. The molecule has 112 valence electrons. The molecule has 0 aromatic heterocycles. The first-order chi connectivity index (χ1) is 10.6. The molecule has 0 fully saturated rings. The van der Waals surface area contributed by atoms with E-state index < -0.39 is 0 Å². The highest BCUT2D eigenvalue weighted by Gasteiger charge is 2.24. The van der Waals surface area contributed by atoms with Crippen LogP contribution in [0.5, 0.6) is 5.75 Å². The second-order valence-corrected chi connectivity index (χ2v) is 5.97. The third-order valence-electron chi connectivity index (χ3n) is 3.67. The smallest absolute Gasteiger partial charge is 0.231 e. The number of hydrogen-bond acceptors (Lipinski definition) is 3. The zero-order valence-electron chi connectivity index (χ0n) is 12.0. The Morgan fingerprint density at radius 2 is 2.05 bits per heavy atom. The van der Waals surface area contributed by atoms with E-state index >= 15 is 0 Å². The predicted molar refractivity (Wildman–Crippen MR) is 87.5 cm³/mol. The van der Waals surface area contributed by atoms with Gasteiger partial charge in [0, 0.05) is 18.3 Å². The van der Waals surface area contributed by atoms with E-state index in [1.807, 2.05) is 24.3 Å². The number of Topliss-reactive ketones (excluding diaryl/α,β-unsaturated/α-hetero) is 1. The van der Waals surface area contributed by atoms with Gasteiger partial charge in [0.15, 0.2) is 12.4 Å². The highest BCUT2D eigenvalue weighted by Crippen LogP contribution is 2.29. The van der Waals surface area contributed by atoms with Gasteiger partial charge in [-0.1, -0.05) is 12.1 Å². The van der Waals surface area contributed by atoms with Crippen LogP contribution in [0.25, 0.3) is 0 Å². The molecule has 0 unspecified atom stereocenters. The average molecular weight is 360 g/mol. The number of hydrogen-bond donors (Lipinski definition) is 0. The van der Waals surface area contributed by atoms with E-state index in [0.29, 0.717) is 17.7 Å². The first-order valence-electron chi connectivity index (χ1n) is 6.86. The summed E-state index contributed by atoms with van der Waals surface area (Å²) in [4.78, 5) is 25.5. The van der Waals surface area contributed by atoms with Crippen LogP contribution in [0.1, 0.15) is 15.9 Å². The number of anilines is 1. The van der Waals surface area contributed by atoms with Gasteiger partial charge in [0.1, 0.15) is 5.75 Å². The Balaban J connectivity index is 1.73. The molecule has 22 heavy (non-hydrogen) atoms. The van der Waals surface area contributed by atoms with Crippen LogP contribution in [0, 0.1) is 0 Å². The number of carbonyl (C=O) groups is 2. The van der Waals surface area contributed by atoms with Gasteiger partial charge in [0.2, 0.25) is 5.91 Å². The molecule has 0 saturated carbocycles. The Kier molecular flexibility index (Phi) is 3.98. The minimum Gasteiger partial charge on any atom is -0.484 e. The highest BCUT2D eigenvalue weighted by molar-refractivity contribution is 9.10. The van der Waals surface area contributed by atoms with Crippen molar-refractivity contribution in [2.75, 3.05) is 18.6 Å². The molecule has 0 saturated heterocycles. The molecule has 2 aromatic rings. The lowest BCUT2D eigenvalue weighted by atomic mass is 10.1. The van der Waals surface area contributed by atoms with Gasteiger partial charge in [0.05, 0.1) is 10.9 Å². The number of halogens is 1. The van der Waals surface area contributed by atoms with Gasteiger partial charge in [-0.2, -0.15) is 0 Å². The van der Waals surface area contributed by atoms with E-state index in [9.17, 15) is 9.59 Å². The van der Waals surface area contributed by atoms with Gasteiger partial charge in [-0.15, -0.1) is 0 Å². The normalized spacial score (nSPS) is 13.2. The second-order valence-electron chi connectivity index (χ2n) is 5.12. The Morgan fingerprint density at radius 3 is 2.82 bits per heavy atom. The summed E-state index contributed by atoms with van der Waals surface area (Å²) in [5, 5.41) is 0. The monoisotopic (exact) mass is 359 g/mol. The fourth-order valence-electron chi connectivity index (χ4n) is 2.43. The molecule has 1 aliphatic rings. The minimum absolute atomic E-state index is 0.0365. The van der Waals surface area contributed by atoms with Crippen LogP contribution >= 0.6 is 15.9 Å². The van der Waals surface area contributed by atoms with Gasteiger partial charge in [0.25, 0.3) is 0 Å². The molecule has 1 amide bonds. The van der Waals surface area contributed by atoms with Crippen molar-refractivity contribution in [2.24, 2.45) is 0 Å². The van der Waals surface area contributed by atoms with E-state index in [4.69, 9.17) is 4.74 Å². The fourth-order valence-corrected chi connectivity index (χ4v) is 2.83. The van der Waals surface area contributed by atoms with Crippen molar-refractivity contribution in [1.29, 1.82) is 0 Å². The summed E-state index contributed by atoms with van der Waals surface area (Å²) in [5.41, 5.74) is 2.32. The van der Waals surface area contributed by atoms with Crippen LogP contribution in [-0.4, -0.2) is 25.3 Å². The highest BCUT2D eigenvalue weighted by atomic mass is 79.9. The number of likely N-dealkylation sites (N-methyl/N-ethyl adjacent to an activating group) is 1. The number of nitrogens with zero attached hydrogens (tertiary/aromatic N) is 1.